The summed E-state index contributed by atoms with van der Waals surface area (Å²) in [6.45, 7) is 5.27. The highest BCUT2D eigenvalue weighted by atomic mass is 35.5. The Morgan fingerprint density at radius 2 is 2.25 bits per heavy atom. The minimum atomic E-state index is -0.257. The smallest absolute Gasteiger partial charge is 0.287 e. The molecule has 20 heavy (non-hydrogen) atoms. The molecule has 0 aliphatic carbocycles. The first-order valence-corrected chi connectivity index (χ1v) is 6.92. The van der Waals surface area contributed by atoms with Crippen molar-refractivity contribution >= 4 is 17.3 Å². The monoisotopic (exact) mass is 295 g/mol. The van der Waals surface area contributed by atoms with Crippen molar-refractivity contribution in [2.24, 2.45) is 5.92 Å². The molecule has 0 bridgehead atoms. The Bertz CT molecular complexity index is 606. The van der Waals surface area contributed by atoms with Crippen LogP contribution in [0, 0.1) is 5.92 Å². The summed E-state index contributed by atoms with van der Waals surface area (Å²) in [5.74, 6) is 0.343. The Morgan fingerprint density at radius 1 is 1.45 bits per heavy atom. The molecule has 0 saturated heterocycles. The second kappa shape index (κ2) is 6.56. The van der Waals surface area contributed by atoms with Gasteiger partial charge in [-0.1, -0.05) is 25.4 Å². The van der Waals surface area contributed by atoms with E-state index in [0.29, 0.717) is 24.7 Å². The Morgan fingerprint density at radius 3 is 2.90 bits per heavy atom. The zero-order valence-corrected chi connectivity index (χ0v) is 12.3. The molecule has 0 saturated carbocycles. The third kappa shape index (κ3) is 3.60. The molecule has 0 aliphatic heterocycles. The van der Waals surface area contributed by atoms with E-state index in [0.717, 1.165) is 12.1 Å². The van der Waals surface area contributed by atoms with Gasteiger partial charge in [0.05, 0.1) is 18.2 Å². The molecule has 2 heterocycles. The standard InChI is InChI=1S/C13H18ClN5O/c1-9(2)7-19-13(20)12(14)11(6-18-19)16-4-3-10-5-15-8-17-10/h5-6,8-9,16H,3-4,7H2,1-2H3,(H,15,17). The van der Waals surface area contributed by atoms with Gasteiger partial charge in [-0.15, -0.1) is 0 Å². The number of hydrogen-bond donors (Lipinski definition) is 2. The van der Waals surface area contributed by atoms with Crippen LogP contribution in [-0.4, -0.2) is 26.3 Å². The van der Waals surface area contributed by atoms with Crippen LogP contribution >= 0.6 is 11.6 Å². The molecule has 0 aliphatic rings. The molecule has 0 atom stereocenters. The number of anilines is 1. The van der Waals surface area contributed by atoms with Gasteiger partial charge in [-0.2, -0.15) is 5.10 Å². The summed E-state index contributed by atoms with van der Waals surface area (Å²) in [4.78, 5) is 19.0. The maximum Gasteiger partial charge on any atom is 0.287 e. The summed E-state index contributed by atoms with van der Waals surface area (Å²) < 4.78 is 1.40. The normalized spacial score (nSPS) is 11.0. The first-order chi connectivity index (χ1) is 9.58. The molecule has 2 aromatic rings. The zero-order valence-electron chi connectivity index (χ0n) is 11.6. The number of H-pyrrole nitrogens is 1. The highest BCUT2D eigenvalue weighted by Crippen LogP contribution is 2.15. The number of rotatable bonds is 6. The maximum absolute atomic E-state index is 12.0. The van der Waals surface area contributed by atoms with Crippen LogP contribution in [0.15, 0.2) is 23.5 Å². The molecule has 7 heteroatoms. The van der Waals surface area contributed by atoms with Crippen LogP contribution in [0.4, 0.5) is 5.69 Å². The molecule has 0 amide bonds. The SMILES string of the molecule is CC(C)Cn1ncc(NCCc2cnc[nH]2)c(Cl)c1=O. The molecule has 0 fully saturated rings. The van der Waals surface area contributed by atoms with Crippen LogP contribution in [0.1, 0.15) is 19.5 Å². The van der Waals surface area contributed by atoms with Gasteiger partial charge in [0.25, 0.3) is 5.56 Å². The van der Waals surface area contributed by atoms with E-state index in [4.69, 9.17) is 11.6 Å². The van der Waals surface area contributed by atoms with Crippen molar-refractivity contribution in [3.8, 4) is 0 Å². The molecule has 0 aromatic carbocycles. The third-order valence-corrected chi connectivity index (χ3v) is 3.15. The van der Waals surface area contributed by atoms with Crippen LogP contribution in [0.2, 0.25) is 5.02 Å². The number of hydrogen-bond acceptors (Lipinski definition) is 4. The quantitative estimate of drug-likeness (QED) is 0.854. The van der Waals surface area contributed by atoms with Crippen LogP contribution < -0.4 is 10.9 Å². The summed E-state index contributed by atoms with van der Waals surface area (Å²) in [5.41, 5.74) is 1.33. The van der Waals surface area contributed by atoms with Crippen LogP contribution in [0.5, 0.6) is 0 Å². The number of nitrogens with zero attached hydrogens (tertiary/aromatic N) is 3. The lowest BCUT2D eigenvalue weighted by molar-refractivity contribution is 0.464. The predicted molar refractivity (Wildman–Crippen MR) is 79.1 cm³/mol. The Labute approximate surface area is 122 Å². The first-order valence-electron chi connectivity index (χ1n) is 6.54. The molecule has 0 radical (unpaired) electrons. The lowest BCUT2D eigenvalue weighted by Gasteiger charge is -2.11. The van der Waals surface area contributed by atoms with Crippen molar-refractivity contribution in [3.05, 3.63) is 39.8 Å². The largest absolute Gasteiger partial charge is 0.382 e. The van der Waals surface area contributed by atoms with E-state index < -0.39 is 0 Å². The summed E-state index contributed by atoms with van der Waals surface area (Å²) >= 11 is 6.09. The van der Waals surface area contributed by atoms with Crippen molar-refractivity contribution in [1.29, 1.82) is 0 Å². The van der Waals surface area contributed by atoms with Gasteiger partial charge in [-0.3, -0.25) is 4.79 Å². The molecule has 2 aromatic heterocycles. The maximum atomic E-state index is 12.0. The van der Waals surface area contributed by atoms with Crippen molar-refractivity contribution in [2.75, 3.05) is 11.9 Å². The van der Waals surface area contributed by atoms with Crippen molar-refractivity contribution in [1.82, 2.24) is 19.7 Å². The number of imidazole rings is 1. The van der Waals surface area contributed by atoms with E-state index in [1.54, 1.807) is 18.7 Å². The fourth-order valence-electron chi connectivity index (χ4n) is 1.82. The molecule has 2 N–H and O–H groups in total. The summed E-state index contributed by atoms with van der Waals surface area (Å²) in [6.07, 6.45) is 5.77. The topological polar surface area (TPSA) is 75.6 Å². The number of nitrogens with one attached hydrogen (secondary N) is 2. The Balaban J connectivity index is 2.02. The number of aromatic amines is 1. The molecule has 0 spiro atoms. The summed E-state index contributed by atoms with van der Waals surface area (Å²) in [7, 11) is 0. The molecular formula is C13H18ClN5O. The van der Waals surface area contributed by atoms with E-state index in [9.17, 15) is 4.79 Å². The number of aromatic nitrogens is 4. The molecule has 2 rings (SSSR count). The molecule has 0 unspecified atom stereocenters. The zero-order chi connectivity index (χ0) is 14.5. The minimum absolute atomic E-state index is 0.185. The second-order valence-electron chi connectivity index (χ2n) is 5.01. The van der Waals surface area contributed by atoms with E-state index in [2.05, 4.69) is 20.4 Å². The number of halogens is 1. The lowest BCUT2D eigenvalue weighted by atomic mass is 10.2. The summed E-state index contributed by atoms with van der Waals surface area (Å²) in [6, 6.07) is 0. The fraction of sp³-hybridized carbons (Fsp3) is 0.462. The Kier molecular flexibility index (Phi) is 4.79. The van der Waals surface area contributed by atoms with Crippen molar-refractivity contribution in [3.63, 3.8) is 0 Å². The van der Waals surface area contributed by atoms with Gasteiger partial charge in [-0.25, -0.2) is 9.67 Å². The average Bonchev–Trinajstić information content (AvgIpc) is 2.90. The van der Waals surface area contributed by atoms with Gasteiger partial charge >= 0.3 is 0 Å². The second-order valence-corrected chi connectivity index (χ2v) is 5.38. The average molecular weight is 296 g/mol. The van der Waals surface area contributed by atoms with E-state index in [1.165, 1.54) is 4.68 Å². The lowest BCUT2D eigenvalue weighted by Crippen LogP contribution is -2.26. The van der Waals surface area contributed by atoms with Gasteiger partial charge in [0.1, 0.15) is 5.02 Å². The van der Waals surface area contributed by atoms with E-state index in [-0.39, 0.29) is 10.6 Å². The molecule has 108 valence electrons. The molecule has 6 nitrogen and oxygen atoms in total. The van der Waals surface area contributed by atoms with E-state index in [1.807, 2.05) is 13.8 Å². The Hall–Kier alpha value is -1.82. The highest BCUT2D eigenvalue weighted by molar-refractivity contribution is 6.32. The van der Waals surface area contributed by atoms with Gasteiger partial charge in [0.2, 0.25) is 0 Å². The van der Waals surface area contributed by atoms with Crippen LogP contribution in [-0.2, 0) is 13.0 Å². The van der Waals surface area contributed by atoms with E-state index >= 15 is 0 Å². The van der Waals surface area contributed by atoms with Gasteiger partial charge < -0.3 is 10.3 Å². The fourth-order valence-corrected chi connectivity index (χ4v) is 2.03. The summed E-state index contributed by atoms with van der Waals surface area (Å²) in [5, 5.41) is 7.43. The van der Waals surface area contributed by atoms with Gasteiger partial charge in [0.15, 0.2) is 0 Å². The van der Waals surface area contributed by atoms with Crippen molar-refractivity contribution < 1.29 is 0 Å². The van der Waals surface area contributed by atoms with Gasteiger partial charge in [-0.05, 0) is 5.92 Å². The van der Waals surface area contributed by atoms with Crippen LogP contribution in [0.25, 0.3) is 0 Å². The molecular weight excluding hydrogens is 278 g/mol. The van der Waals surface area contributed by atoms with Gasteiger partial charge in [0, 0.05) is 31.4 Å². The van der Waals surface area contributed by atoms with Crippen molar-refractivity contribution in [2.45, 2.75) is 26.8 Å². The third-order valence-electron chi connectivity index (χ3n) is 2.79. The minimum Gasteiger partial charge on any atom is -0.382 e. The first kappa shape index (κ1) is 14.6. The van der Waals surface area contributed by atoms with Crippen LogP contribution in [0.3, 0.4) is 0 Å². The highest BCUT2D eigenvalue weighted by Gasteiger charge is 2.09. The predicted octanol–water partition coefficient (Wildman–Crippen LogP) is 1.93.